The molecule has 18 heavy (non-hydrogen) atoms. The first-order chi connectivity index (χ1) is 8.63. The van der Waals surface area contributed by atoms with Crippen LogP contribution in [-0.2, 0) is 11.3 Å². The molecular formula is C10H16N4O4. The Balaban J connectivity index is 2.15. The number of aliphatic carboxylic acids is 1. The van der Waals surface area contributed by atoms with Crippen LogP contribution in [0.5, 0.6) is 0 Å². The molecule has 0 saturated heterocycles. The van der Waals surface area contributed by atoms with Crippen LogP contribution in [-0.4, -0.2) is 51.0 Å². The van der Waals surface area contributed by atoms with Crippen molar-refractivity contribution in [1.29, 1.82) is 0 Å². The van der Waals surface area contributed by atoms with Gasteiger partial charge in [0.15, 0.2) is 6.04 Å². The van der Waals surface area contributed by atoms with E-state index in [0.29, 0.717) is 19.5 Å². The predicted octanol–water partition coefficient (Wildman–Crippen LogP) is -0.982. The largest absolute Gasteiger partial charge is 0.480 e. The number of carboxylic acids is 1. The van der Waals surface area contributed by atoms with E-state index in [-0.39, 0.29) is 0 Å². The van der Waals surface area contributed by atoms with Crippen molar-refractivity contribution in [3.8, 4) is 0 Å². The number of hydrogen-bond acceptors (Lipinski definition) is 4. The lowest BCUT2D eigenvalue weighted by molar-refractivity contribution is -0.140. The number of aromatic nitrogens is 2. The number of imidazole rings is 1. The maximum Gasteiger partial charge on any atom is 0.328 e. The fraction of sp³-hybridized carbons (Fsp3) is 0.500. The number of nitrogens with one attached hydrogen (secondary N) is 2. The second-order valence-electron chi connectivity index (χ2n) is 3.63. The number of aliphatic hydroxyl groups excluding tert-OH is 1. The Hall–Kier alpha value is -2.09. The molecule has 1 aromatic rings. The number of nitrogens with zero attached hydrogens (tertiary/aromatic N) is 2. The van der Waals surface area contributed by atoms with Gasteiger partial charge in [0.2, 0.25) is 0 Å². The first-order valence-electron chi connectivity index (χ1n) is 5.47. The Morgan fingerprint density at radius 2 is 2.22 bits per heavy atom. The summed E-state index contributed by atoms with van der Waals surface area (Å²) in [7, 11) is 0. The molecule has 0 spiro atoms. The average Bonchev–Trinajstić information content (AvgIpc) is 2.84. The second-order valence-corrected chi connectivity index (χ2v) is 3.63. The summed E-state index contributed by atoms with van der Waals surface area (Å²) in [5, 5.41) is 22.0. The standard InChI is InChI=1S/C10H16N4O4/c15-6-8(9(16)17)13-10(18)12-2-1-4-14-5-3-11-7-14/h3,5,7-8,15H,1-2,4,6H2,(H,16,17)(H2,12,13,18)/t8-/m1/s1. The summed E-state index contributed by atoms with van der Waals surface area (Å²) in [6, 6.07) is -1.89. The molecule has 8 nitrogen and oxygen atoms in total. The monoisotopic (exact) mass is 256 g/mol. The van der Waals surface area contributed by atoms with Gasteiger partial charge in [-0.05, 0) is 6.42 Å². The fourth-order valence-corrected chi connectivity index (χ4v) is 1.28. The van der Waals surface area contributed by atoms with Gasteiger partial charge in [-0.3, -0.25) is 0 Å². The van der Waals surface area contributed by atoms with Gasteiger partial charge in [0, 0.05) is 25.5 Å². The van der Waals surface area contributed by atoms with Crippen molar-refractivity contribution in [3.05, 3.63) is 18.7 Å². The van der Waals surface area contributed by atoms with Crippen molar-refractivity contribution in [3.63, 3.8) is 0 Å². The van der Waals surface area contributed by atoms with E-state index in [1.807, 2.05) is 10.8 Å². The SMILES string of the molecule is O=C(NCCCn1ccnc1)N[C@H](CO)C(=O)O. The summed E-state index contributed by atoms with van der Waals surface area (Å²) in [5.41, 5.74) is 0. The molecule has 100 valence electrons. The van der Waals surface area contributed by atoms with Gasteiger partial charge in [0.05, 0.1) is 12.9 Å². The smallest absolute Gasteiger partial charge is 0.328 e. The fourth-order valence-electron chi connectivity index (χ4n) is 1.28. The summed E-state index contributed by atoms with van der Waals surface area (Å²) < 4.78 is 1.87. The lowest BCUT2D eigenvalue weighted by Gasteiger charge is -2.12. The Kier molecular flexibility index (Phi) is 5.65. The summed E-state index contributed by atoms with van der Waals surface area (Å²) in [5.74, 6) is -1.27. The van der Waals surface area contributed by atoms with Crippen LogP contribution in [0.25, 0.3) is 0 Å². The molecule has 0 fully saturated rings. The maximum atomic E-state index is 11.3. The maximum absolute atomic E-state index is 11.3. The third-order valence-electron chi connectivity index (χ3n) is 2.22. The van der Waals surface area contributed by atoms with Crippen LogP contribution in [0.2, 0.25) is 0 Å². The lowest BCUT2D eigenvalue weighted by atomic mass is 10.3. The third kappa shape index (κ3) is 4.83. The Morgan fingerprint density at radius 3 is 2.78 bits per heavy atom. The molecule has 0 saturated carbocycles. The van der Waals surface area contributed by atoms with E-state index in [9.17, 15) is 9.59 Å². The van der Waals surface area contributed by atoms with Gasteiger partial charge in [0.25, 0.3) is 0 Å². The second kappa shape index (κ2) is 7.28. The van der Waals surface area contributed by atoms with Crippen molar-refractivity contribution in [2.45, 2.75) is 19.0 Å². The lowest BCUT2D eigenvalue weighted by Crippen LogP contribution is -2.48. The quantitative estimate of drug-likeness (QED) is 0.468. The first kappa shape index (κ1) is 14.0. The third-order valence-corrected chi connectivity index (χ3v) is 2.22. The Morgan fingerprint density at radius 1 is 1.44 bits per heavy atom. The molecule has 0 aliphatic carbocycles. The molecule has 1 atom stereocenters. The van der Waals surface area contributed by atoms with Gasteiger partial charge < -0.3 is 25.4 Å². The van der Waals surface area contributed by atoms with Gasteiger partial charge >= 0.3 is 12.0 Å². The molecule has 0 bridgehead atoms. The van der Waals surface area contributed by atoms with Crippen LogP contribution < -0.4 is 10.6 Å². The van der Waals surface area contributed by atoms with Crippen LogP contribution in [0.1, 0.15) is 6.42 Å². The molecule has 4 N–H and O–H groups in total. The summed E-state index contributed by atoms with van der Waals surface area (Å²) in [6.45, 7) is 0.474. The van der Waals surface area contributed by atoms with Gasteiger partial charge in [-0.25, -0.2) is 14.6 Å². The number of hydrogen-bond donors (Lipinski definition) is 4. The molecule has 8 heteroatoms. The zero-order valence-corrected chi connectivity index (χ0v) is 9.74. The minimum absolute atomic E-state index is 0.405. The highest BCUT2D eigenvalue weighted by molar-refractivity contribution is 5.82. The van der Waals surface area contributed by atoms with E-state index >= 15 is 0 Å². The van der Waals surface area contributed by atoms with Crippen molar-refractivity contribution < 1.29 is 19.8 Å². The number of carbonyl (C=O) groups is 2. The first-order valence-corrected chi connectivity index (χ1v) is 5.47. The van der Waals surface area contributed by atoms with Gasteiger partial charge in [-0.1, -0.05) is 0 Å². The number of aryl methyl sites for hydroxylation is 1. The van der Waals surface area contributed by atoms with E-state index in [0.717, 1.165) is 0 Å². The zero-order valence-electron chi connectivity index (χ0n) is 9.74. The van der Waals surface area contributed by atoms with Crippen molar-refractivity contribution in [2.75, 3.05) is 13.2 Å². The molecule has 0 radical (unpaired) electrons. The molecular weight excluding hydrogens is 240 g/mol. The minimum Gasteiger partial charge on any atom is -0.480 e. The molecule has 0 aliphatic heterocycles. The van der Waals surface area contributed by atoms with E-state index in [1.54, 1.807) is 12.5 Å². The number of amides is 2. The number of carboxylic acid groups (broad SMARTS) is 1. The average molecular weight is 256 g/mol. The van der Waals surface area contributed by atoms with Crippen LogP contribution in [0, 0.1) is 0 Å². The van der Waals surface area contributed by atoms with Crippen LogP contribution >= 0.6 is 0 Å². The van der Waals surface area contributed by atoms with Gasteiger partial charge in [-0.2, -0.15) is 0 Å². The van der Waals surface area contributed by atoms with Crippen LogP contribution in [0.4, 0.5) is 4.79 Å². The molecule has 0 aliphatic rings. The summed E-state index contributed by atoms with van der Waals surface area (Å²) in [6.07, 6.45) is 5.85. The molecule has 1 aromatic heterocycles. The van der Waals surface area contributed by atoms with Crippen molar-refractivity contribution in [2.24, 2.45) is 0 Å². The summed E-state index contributed by atoms with van der Waals surface area (Å²) in [4.78, 5) is 25.7. The van der Waals surface area contributed by atoms with Crippen LogP contribution in [0.3, 0.4) is 0 Å². The van der Waals surface area contributed by atoms with Gasteiger partial charge in [-0.15, -0.1) is 0 Å². The number of aliphatic hydroxyl groups is 1. The number of carbonyl (C=O) groups excluding carboxylic acids is 1. The highest BCUT2D eigenvalue weighted by Crippen LogP contribution is 1.89. The van der Waals surface area contributed by atoms with E-state index in [1.165, 1.54) is 0 Å². The summed E-state index contributed by atoms with van der Waals surface area (Å²) >= 11 is 0. The van der Waals surface area contributed by atoms with Crippen molar-refractivity contribution >= 4 is 12.0 Å². The predicted molar refractivity (Wildman–Crippen MR) is 61.9 cm³/mol. The van der Waals surface area contributed by atoms with E-state index < -0.39 is 24.6 Å². The van der Waals surface area contributed by atoms with Crippen molar-refractivity contribution in [1.82, 2.24) is 20.2 Å². The number of urea groups is 1. The highest BCUT2D eigenvalue weighted by atomic mass is 16.4. The Labute approximate surface area is 104 Å². The minimum atomic E-state index is -1.28. The topological polar surface area (TPSA) is 116 Å². The van der Waals surface area contributed by atoms with Crippen LogP contribution in [0.15, 0.2) is 18.7 Å². The van der Waals surface area contributed by atoms with E-state index in [4.69, 9.17) is 10.2 Å². The Bertz CT molecular complexity index is 379. The molecule has 1 rings (SSSR count). The van der Waals surface area contributed by atoms with Gasteiger partial charge in [0.1, 0.15) is 0 Å². The van der Waals surface area contributed by atoms with E-state index in [2.05, 4.69) is 15.6 Å². The normalized spacial score (nSPS) is 11.8. The molecule has 0 aromatic carbocycles. The molecule has 2 amide bonds. The number of rotatable bonds is 7. The molecule has 0 unspecified atom stereocenters. The molecule has 1 heterocycles. The zero-order chi connectivity index (χ0) is 13.4. The highest BCUT2D eigenvalue weighted by Gasteiger charge is 2.17.